The number of aliphatic hydroxyl groups is 1. The van der Waals surface area contributed by atoms with Crippen LogP contribution in [0.15, 0.2) is 47.0 Å². The molecule has 3 heteroatoms. The molecule has 3 nitrogen and oxygen atoms in total. The van der Waals surface area contributed by atoms with Gasteiger partial charge in [-0.25, -0.2) is 0 Å². The van der Waals surface area contributed by atoms with Crippen molar-refractivity contribution >= 4 is 17.5 Å². The minimum Gasteiger partial charge on any atom is -0.388 e. The fourth-order valence-electron chi connectivity index (χ4n) is 1.91. The predicted molar refractivity (Wildman–Crippen MR) is 77.1 cm³/mol. The summed E-state index contributed by atoms with van der Waals surface area (Å²) in [7, 11) is 1.90. The monoisotopic (exact) mass is 242 g/mol. The van der Waals surface area contributed by atoms with Gasteiger partial charge in [-0.05, 0) is 24.6 Å². The maximum atomic E-state index is 9.70. The first-order valence-corrected chi connectivity index (χ1v) is 6.06. The van der Waals surface area contributed by atoms with Crippen molar-refractivity contribution in [1.29, 1.82) is 0 Å². The van der Waals surface area contributed by atoms with Crippen molar-refractivity contribution in [2.45, 2.75) is 13.0 Å². The summed E-state index contributed by atoms with van der Waals surface area (Å²) in [5.74, 6) is 0. The van der Waals surface area contributed by atoms with Gasteiger partial charge >= 0.3 is 0 Å². The van der Waals surface area contributed by atoms with Crippen LogP contribution in [-0.4, -0.2) is 30.5 Å². The first-order valence-electron chi connectivity index (χ1n) is 6.06. The van der Waals surface area contributed by atoms with Gasteiger partial charge in [-0.2, -0.15) is 0 Å². The Morgan fingerprint density at radius 2 is 2.06 bits per heavy atom. The van der Waals surface area contributed by atoms with Crippen molar-refractivity contribution in [1.82, 2.24) is 0 Å². The molecule has 0 radical (unpaired) electrons. The van der Waals surface area contributed by atoms with E-state index in [1.165, 1.54) is 0 Å². The highest BCUT2D eigenvalue weighted by Gasteiger charge is 2.18. The molecule has 1 unspecified atom stereocenters. The molecule has 0 saturated heterocycles. The van der Waals surface area contributed by atoms with E-state index in [1.54, 1.807) is 0 Å². The second-order valence-electron chi connectivity index (χ2n) is 4.30. The van der Waals surface area contributed by atoms with Crippen LogP contribution in [0.25, 0.3) is 6.08 Å². The van der Waals surface area contributed by atoms with Crippen molar-refractivity contribution in [2.75, 3.05) is 18.9 Å². The van der Waals surface area contributed by atoms with Crippen LogP contribution in [0.1, 0.15) is 12.5 Å². The quantitative estimate of drug-likeness (QED) is 0.855. The molecule has 2 rings (SSSR count). The fourth-order valence-corrected chi connectivity index (χ4v) is 1.91. The van der Waals surface area contributed by atoms with Crippen LogP contribution in [0, 0.1) is 0 Å². The molecule has 1 aliphatic rings. The van der Waals surface area contributed by atoms with Gasteiger partial charge < -0.3 is 10.4 Å². The number of hydrogen-bond donors (Lipinski definition) is 2. The van der Waals surface area contributed by atoms with Crippen LogP contribution in [0.4, 0.5) is 5.69 Å². The van der Waals surface area contributed by atoms with Crippen LogP contribution in [0.3, 0.4) is 0 Å². The number of nitrogens with one attached hydrogen (secondary N) is 1. The summed E-state index contributed by atoms with van der Waals surface area (Å²) in [6.45, 7) is 2.42. The summed E-state index contributed by atoms with van der Waals surface area (Å²) in [6.07, 6.45) is 5.46. The van der Waals surface area contributed by atoms with E-state index in [1.807, 2.05) is 56.5 Å². The van der Waals surface area contributed by atoms with Crippen LogP contribution in [0.2, 0.25) is 0 Å². The lowest BCUT2D eigenvalue weighted by Crippen LogP contribution is -2.10. The Hall–Kier alpha value is -1.87. The third-order valence-corrected chi connectivity index (χ3v) is 3.04. The predicted octanol–water partition coefficient (Wildman–Crippen LogP) is 2.50. The van der Waals surface area contributed by atoms with Crippen molar-refractivity contribution < 1.29 is 5.11 Å². The Kier molecular flexibility index (Phi) is 3.95. The summed E-state index contributed by atoms with van der Waals surface area (Å²) in [4.78, 5) is 4.20. The van der Waals surface area contributed by atoms with E-state index in [4.69, 9.17) is 0 Å². The third-order valence-electron chi connectivity index (χ3n) is 3.04. The number of hydrogen-bond acceptors (Lipinski definition) is 3. The molecule has 0 aromatic heterocycles. The van der Waals surface area contributed by atoms with Crippen LogP contribution >= 0.6 is 0 Å². The smallest absolute Gasteiger partial charge is 0.100 e. The van der Waals surface area contributed by atoms with E-state index in [9.17, 15) is 5.11 Å². The molecule has 1 atom stereocenters. The minimum absolute atomic E-state index is 0.443. The highest BCUT2D eigenvalue weighted by Crippen LogP contribution is 2.14. The van der Waals surface area contributed by atoms with Gasteiger partial charge in [-0.15, -0.1) is 0 Å². The van der Waals surface area contributed by atoms with Crippen molar-refractivity contribution in [2.24, 2.45) is 4.99 Å². The molecule has 0 aliphatic carbocycles. The Bertz CT molecular complexity index is 498. The average Bonchev–Trinajstić information content (AvgIpc) is 2.71. The molecular weight excluding hydrogens is 224 g/mol. The fraction of sp³-hybridized carbons (Fsp3) is 0.267. The zero-order chi connectivity index (χ0) is 13.0. The van der Waals surface area contributed by atoms with E-state index < -0.39 is 6.10 Å². The number of allylic oxidation sites excluding steroid dienone is 2. The van der Waals surface area contributed by atoms with Gasteiger partial charge in [0.1, 0.15) is 6.10 Å². The summed E-state index contributed by atoms with van der Waals surface area (Å²) in [5, 5.41) is 12.8. The summed E-state index contributed by atoms with van der Waals surface area (Å²) in [5.41, 5.74) is 4.07. The molecule has 1 aromatic carbocycles. The van der Waals surface area contributed by atoms with Crippen molar-refractivity contribution in [3.63, 3.8) is 0 Å². The van der Waals surface area contributed by atoms with Gasteiger partial charge in [0, 0.05) is 24.0 Å². The Morgan fingerprint density at radius 1 is 1.33 bits per heavy atom. The highest BCUT2D eigenvalue weighted by atomic mass is 16.3. The molecule has 1 aromatic rings. The molecule has 0 saturated carbocycles. The van der Waals surface area contributed by atoms with Crippen molar-refractivity contribution in [3.8, 4) is 0 Å². The maximum absolute atomic E-state index is 9.70. The second kappa shape index (κ2) is 5.65. The second-order valence-corrected chi connectivity index (χ2v) is 4.30. The van der Waals surface area contributed by atoms with Crippen LogP contribution < -0.4 is 5.32 Å². The van der Waals surface area contributed by atoms with Gasteiger partial charge in [0.15, 0.2) is 0 Å². The maximum Gasteiger partial charge on any atom is 0.100 e. The van der Waals surface area contributed by atoms with E-state index in [2.05, 4.69) is 10.3 Å². The van der Waals surface area contributed by atoms with Gasteiger partial charge in [0.25, 0.3) is 0 Å². The van der Waals surface area contributed by atoms with Crippen LogP contribution in [-0.2, 0) is 0 Å². The molecule has 0 fully saturated rings. The van der Waals surface area contributed by atoms with Gasteiger partial charge in [0.2, 0.25) is 0 Å². The van der Waals surface area contributed by atoms with Crippen molar-refractivity contribution in [3.05, 3.63) is 47.6 Å². The standard InChI is InChI=1S/C15H18N2O/c1-11-14(15(18)10-17-11)5-3-4-12-6-8-13(16-2)9-7-12/h3-9,15-16,18H,10H2,1-2H3/b4-3-,14-5-. The lowest BCUT2D eigenvalue weighted by Gasteiger charge is -2.02. The molecular formula is C15H18N2O. The SMILES string of the molecule is CNc1ccc(/C=C\C=C2\C(C)=NCC2O)cc1. The number of aliphatic imine (C=N–C) groups is 1. The number of nitrogens with zero attached hydrogens (tertiary/aromatic N) is 1. The topological polar surface area (TPSA) is 44.6 Å². The summed E-state index contributed by atoms with van der Waals surface area (Å²) in [6, 6.07) is 8.16. The Labute approximate surface area is 108 Å². The molecule has 1 heterocycles. The first kappa shape index (κ1) is 12.6. The largest absolute Gasteiger partial charge is 0.388 e. The molecule has 0 amide bonds. The molecule has 0 bridgehead atoms. The van der Waals surface area contributed by atoms with E-state index in [0.29, 0.717) is 6.54 Å². The Morgan fingerprint density at radius 3 is 2.61 bits per heavy atom. The number of rotatable bonds is 3. The normalized spacial score (nSPS) is 21.6. The average molecular weight is 242 g/mol. The lowest BCUT2D eigenvalue weighted by atomic mass is 10.1. The zero-order valence-electron chi connectivity index (χ0n) is 10.7. The lowest BCUT2D eigenvalue weighted by molar-refractivity contribution is 0.232. The van der Waals surface area contributed by atoms with E-state index >= 15 is 0 Å². The molecule has 94 valence electrons. The van der Waals surface area contributed by atoms with Crippen LogP contribution in [0.5, 0.6) is 0 Å². The number of anilines is 1. The van der Waals surface area contributed by atoms with Gasteiger partial charge in [0.05, 0.1) is 6.54 Å². The summed E-state index contributed by atoms with van der Waals surface area (Å²) >= 11 is 0. The summed E-state index contributed by atoms with van der Waals surface area (Å²) < 4.78 is 0. The molecule has 18 heavy (non-hydrogen) atoms. The third kappa shape index (κ3) is 2.87. The number of aliphatic hydroxyl groups excluding tert-OH is 1. The Balaban J connectivity index is 2.07. The first-order chi connectivity index (χ1) is 8.70. The van der Waals surface area contributed by atoms with E-state index in [0.717, 1.165) is 22.5 Å². The zero-order valence-corrected chi connectivity index (χ0v) is 10.7. The molecule has 2 N–H and O–H groups in total. The highest BCUT2D eigenvalue weighted by molar-refractivity contribution is 6.01. The van der Waals surface area contributed by atoms with Gasteiger partial charge in [-0.1, -0.05) is 30.4 Å². The van der Waals surface area contributed by atoms with E-state index in [-0.39, 0.29) is 0 Å². The minimum atomic E-state index is -0.443. The molecule has 0 spiro atoms. The van der Waals surface area contributed by atoms with Gasteiger partial charge in [-0.3, -0.25) is 4.99 Å². The molecule has 1 aliphatic heterocycles. The number of benzene rings is 1.